The Balaban J connectivity index is 2.13. The molecule has 2 aromatic rings. The van der Waals surface area contributed by atoms with Crippen LogP contribution in [0.15, 0.2) is 36.4 Å². The van der Waals surface area contributed by atoms with Crippen LogP contribution in [-0.2, 0) is 6.61 Å². The van der Waals surface area contributed by atoms with Crippen molar-refractivity contribution < 1.29 is 14.6 Å². The minimum absolute atomic E-state index is 0.186. The second-order valence-corrected chi connectivity index (χ2v) is 4.99. The predicted octanol–water partition coefficient (Wildman–Crippen LogP) is 4.14. The van der Waals surface area contributed by atoms with E-state index in [1.807, 2.05) is 6.07 Å². The van der Waals surface area contributed by atoms with Crippen molar-refractivity contribution >= 4 is 29.2 Å². The number of ether oxygens (including phenoxy) is 1. The van der Waals surface area contributed by atoms with E-state index >= 15 is 0 Å². The van der Waals surface area contributed by atoms with Crippen LogP contribution in [0, 0.1) is 11.3 Å². The van der Waals surface area contributed by atoms with E-state index in [0.29, 0.717) is 11.3 Å². The Morgan fingerprint density at radius 1 is 1.19 bits per heavy atom. The zero-order chi connectivity index (χ0) is 15.4. The first-order valence-corrected chi connectivity index (χ1v) is 6.61. The van der Waals surface area contributed by atoms with Crippen molar-refractivity contribution in [2.24, 2.45) is 0 Å². The zero-order valence-corrected chi connectivity index (χ0v) is 12.1. The van der Waals surface area contributed by atoms with Crippen LogP contribution in [0.1, 0.15) is 21.5 Å². The Labute approximate surface area is 131 Å². The summed E-state index contributed by atoms with van der Waals surface area (Å²) in [7, 11) is 0. The maximum Gasteiger partial charge on any atom is 0.335 e. The highest BCUT2D eigenvalue weighted by atomic mass is 35.5. The molecule has 0 aromatic heterocycles. The van der Waals surface area contributed by atoms with Gasteiger partial charge in [-0.05, 0) is 29.8 Å². The molecule has 21 heavy (non-hydrogen) atoms. The maximum atomic E-state index is 10.7. The van der Waals surface area contributed by atoms with Gasteiger partial charge >= 0.3 is 5.97 Å². The molecule has 0 saturated heterocycles. The number of hydrogen-bond donors (Lipinski definition) is 1. The number of rotatable bonds is 4. The van der Waals surface area contributed by atoms with Crippen LogP contribution in [0.5, 0.6) is 5.75 Å². The summed E-state index contributed by atoms with van der Waals surface area (Å²) in [6, 6.07) is 11.2. The molecule has 0 aliphatic rings. The van der Waals surface area contributed by atoms with E-state index in [4.69, 9.17) is 38.3 Å². The van der Waals surface area contributed by atoms with Crippen molar-refractivity contribution in [2.45, 2.75) is 6.61 Å². The van der Waals surface area contributed by atoms with Gasteiger partial charge in [0.05, 0.1) is 27.2 Å². The Morgan fingerprint density at radius 3 is 2.24 bits per heavy atom. The summed E-state index contributed by atoms with van der Waals surface area (Å²) >= 11 is 12.0. The molecule has 0 aliphatic heterocycles. The summed E-state index contributed by atoms with van der Waals surface area (Å²) in [6.07, 6.45) is 0. The van der Waals surface area contributed by atoms with Crippen molar-refractivity contribution in [1.82, 2.24) is 0 Å². The molecule has 0 aliphatic carbocycles. The summed E-state index contributed by atoms with van der Waals surface area (Å²) in [5.41, 5.74) is 1.33. The minimum Gasteiger partial charge on any atom is -0.486 e. The summed E-state index contributed by atoms with van der Waals surface area (Å²) < 4.78 is 5.53. The van der Waals surface area contributed by atoms with Crippen LogP contribution in [-0.4, -0.2) is 11.1 Å². The van der Waals surface area contributed by atoms with Crippen molar-refractivity contribution in [1.29, 1.82) is 5.26 Å². The molecule has 2 aromatic carbocycles. The minimum atomic E-state index is -0.986. The van der Waals surface area contributed by atoms with E-state index in [1.165, 1.54) is 24.3 Å². The lowest BCUT2D eigenvalue weighted by Crippen LogP contribution is -1.99. The Morgan fingerprint density at radius 2 is 1.76 bits per heavy atom. The van der Waals surface area contributed by atoms with Crippen LogP contribution in [0.25, 0.3) is 0 Å². The molecule has 106 valence electrons. The molecular formula is C15H9Cl2NO3. The molecule has 0 fully saturated rings. The van der Waals surface area contributed by atoms with Crippen LogP contribution in [0.2, 0.25) is 10.0 Å². The van der Waals surface area contributed by atoms with Crippen molar-refractivity contribution in [3.05, 3.63) is 63.1 Å². The van der Waals surface area contributed by atoms with Gasteiger partial charge in [0, 0.05) is 0 Å². The van der Waals surface area contributed by atoms with E-state index in [9.17, 15) is 4.79 Å². The van der Waals surface area contributed by atoms with Gasteiger partial charge in [-0.3, -0.25) is 0 Å². The first-order valence-electron chi connectivity index (χ1n) is 5.85. The topological polar surface area (TPSA) is 70.3 Å². The van der Waals surface area contributed by atoms with E-state index < -0.39 is 5.97 Å². The smallest absolute Gasteiger partial charge is 0.335 e. The fourth-order valence-electron chi connectivity index (χ4n) is 1.66. The van der Waals surface area contributed by atoms with Crippen LogP contribution in [0.3, 0.4) is 0 Å². The normalized spacial score (nSPS) is 9.95. The number of carbonyl (C=O) groups is 1. The van der Waals surface area contributed by atoms with E-state index in [-0.39, 0.29) is 22.2 Å². The third kappa shape index (κ3) is 3.66. The lowest BCUT2D eigenvalue weighted by Gasteiger charge is -2.10. The van der Waals surface area contributed by atoms with Gasteiger partial charge < -0.3 is 9.84 Å². The summed E-state index contributed by atoms with van der Waals surface area (Å²) in [5.74, 6) is -0.694. The van der Waals surface area contributed by atoms with Crippen molar-refractivity contribution in [3.8, 4) is 11.8 Å². The first kappa shape index (κ1) is 15.2. The molecule has 4 nitrogen and oxygen atoms in total. The molecule has 1 N–H and O–H groups in total. The number of hydrogen-bond acceptors (Lipinski definition) is 3. The molecular weight excluding hydrogens is 313 g/mol. The van der Waals surface area contributed by atoms with E-state index in [1.54, 1.807) is 12.1 Å². The van der Waals surface area contributed by atoms with Crippen LogP contribution < -0.4 is 4.74 Å². The van der Waals surface area contributed by atoms with Crippen LogP contribution in [0.4, 0.5) is 0 Å². The second-order valence-electron chi connectivity index (χ2n) is 4.17. The molecule has 0 saturated carbocycles. The molecule has 0 amide bonds. The standard InChI is InChI=1S/C15H9Cl2NO3/c16-12-5-10(7-18)6-13(17)14(12)21-8-9-1-3-11(4-2-9)15(19)20/h1-6H,8H2,(H,19,20). The average Bonchev–Trinajstić information content (AvgIpc) is 2.46. The van der Waals surface area contributed by atoms with Gasteiger partial charge in [-0.15, -0.1) is 0 Å². The predicted molar refractivity (Wildman–Crippen MR) is 78.9 cm³/mol. The Kier molecular flexibility index (Phi) is 4.69. The molecule has 0 spiro atoms. The van der Waals surface area contributed by atoms with Gasteiger partial charge in [-0.1, -0.05) is 35.3 Å². The average molecular weight is 322 g/mol. The third-order valence-electron chi connectivity index (χ3n) is 2.71. The van der Waals surface area contributed by atoms with Gasteiger partial charge in [0.1, 0.15) is 6.61 Å². The molecule has 0 heterocycles. The second kappa shape index (κ2) is 6.49. The monoisotopic (exact) mass is 321 g/mol. The molecule has 0 bridgehead atoms. The maximum absolute atomic E-state index is 10.7. The Hall–Kier alpha value is -2.22. The van der Waals surface area contributed by atoms with Gasteiger partial charge in [0.25, 0.3) is 0 Å². The quantitative estimate of drug-likeness (QED) is 0.918. The highest BCUT2D eigenvalue weighted by Gasteiger charge is 2.10. The molecule has 0 atom stereocenters. The third-order valence-corrected chi connectivity index (χ3v) is 3.27. The summed E-state index contributed by atoms with van der Waals surface area (Å²) in [6.45, 7) is 0.186. The summed E-state index contributed by atoms with van der Waals surface area (Å²) in [4.78, 5) is 10.7. The Bertz CT molecular complexity index is 698. The number of carboxylic acids is 1. The van der Waals surface area contributed by atoms with E-state index in [0.717, 1.165) is 5.56 Å². The number of carboxylic acid groups (broad SMARTS) is 1. The number of aromatic carboxylic acids is 1. The fourth-order valence-corrected chi connectivity index (χ4v) is 2.26. The largest absolute Gasteiger partial charge is 0.486 e. The number of nitrogens with zero attached hydrogens (tertiary/aromatic N) is 1. The van der Waals surface area contributed by atoms with Gasteiger partial charge in [-0.2, -0.15) is 5.26 Å². The SMILES string of the molecule is N#Cc1cc(Cl)c(OCc2ccc(C(=O)O)cc2)c(Cl)c1. The van der Waals surface area contributed by atoms with Gasteiger partial charge in [0.2, 0.25) is 0 Å². The fraction of sp³-hybridized carbons (Fsp3) is 0.0667. The number of halogens is 2. The lowest BCUT2D eigenvalue weighted by molar-refractivity contribution is 0.0697. The number of nitriles is 1. The highest BCUT2D eigenvalue weighted by Crippen LogP contribution is 2.34. The van der Waals surface area contributed by atoms with Gasteiger partial charge in [0.15, 0.2) is 5.75 Å². The molecule has 2 rings (SSSR count). The van der Waals surface area contributed by atoms with Crippen molar-refractivity contribution in [3.63, 3.8) is 0 Å². The van der Waals surface area contributed by atoms with Gasteiger partial charge in [-0.25, -0.2) is 4.79 Å². The van der Waals surface area contributed by atoms with E-state index in [2.05, 4.69) is 0 Å². The zero-order valence-electron chi connectivity index (χ0n) is 10.6. The molecule has 0 unspecified atom stereocenters. The number of benzene rings is 2. The van der Waals surface area contributed by atoms with Crippen LogP contribution >= 0.6 is 23.2 Å². The first-order chi connectivity index (χ1) is 10.0. The van der Waals surface area contributed by atoms with Crippen molar-refractivity contribution in [2.75, 3.05) is 0 Å². The highest BCUT2D eigenvalue weighted by molar-refractivity contribution is 6.37. The molecule has 6 heteroatoms. The summed E-state index contributed by atoms with van der Waals surface area (Å²) in [5, 5.41) is 18.1. The molecule has 0 radical (unpaired) electrons. The lowest BCUT2D eigenvalue weighted by atomic mass is 10.1.